The summed E-state index contributed by atoms with van der Waals surface area (Å²) in [6.07, 6.45) is 1.28. The van der Waals surface area contributed by atoms with Crippen molar-refractivity contribution >= 4 is 21.7 Å². The highest BCUT2D eigenvalue weighted by molar-refractivity contribution is 7.91. The van der Waals surface area contributed by atoms with Gasteiger partial charge in [-0.3, -0.25) is 4.72 Å². The molecular formula is C10H13N5O2S. The summed E-state index contributed by atoms with van der Waals surface area (Å²) in [5, 5.41) is 3.78. The second-order valence-electron chi connectivity index (χ2n) is 3.81. The van der Waals surface area contributed by atoms with Gasteiger partial charge in [-0.2, -0.15) is 10.1 Å². The maximum Gasteiger partial charge on any atom is 0.239 e. The van der Waals surface area contributed by atoms with E-state index in [1.54, 1.807) is 31.3 Å². The van der Waals surface area contributed by atoms with Crippen LogP contribution in [0.3, 0.4) is 0 Å². The smallest absolute Gasteiger partial charge is 0.239 e. The van der Waals surface area contributed by atoms with E-state index in [1.807, 2.05) is 0 Å². The van der Waals surface area contributed by atoms with E-state index in [2.05, 4.69) is 14.8 Å². The molecule has 0 saturated heterocycles. The third kappa shape index (κ3) is 2.98. The Bertz CT molecular complexity index is 650. The molecule has 3 N–H and O–H groups in total. The molecule has 1 aromatic heterocycles. The average Bonchev–Trinajstić information content (AvgIpc) is 2.62. The van der Waals surface area contributed by atoms with Crippen molar-refractivity contribution in [1.82, 2.24) is 14.8 Å². The number of benzene rings is 1. The van der Waals surface area contributed by atoms with Gasteiger partial charge in [0.1, 0.15) is 6.33 Å². The highest BCUT2D eigenvalue weighted by atomic mass is 32.2. The van der Waals surface area contributed by atoms with Crippen LogP contribution in [0.2, 0.25) is 0 Å². The van der Waals surface area contributed by atoms with E-state index in [0.717, 1.165) is 0 Å². The molecule has 8 heteroatoms. The summed E-state index contributed by atoms with van der Waals surface area (Å²) in [6, 6.07) is 6.73. The molecule has 2 aromatic rings. The highest BCUT2D eigenvalue weighted by Crippen LogP contribution is 2.12. The van der Waals surface area contributed by atoms with Gasteiger partial charge in [0.2, 0.25) is 16.0 Å². The summed E-state index contributed by atoms with van der Waals surface area (Å²) in [5.74, 6) is 0.0177. The lowest BCUT2D eigenvalue weighted by atomic mass is 10.2. The van der Waals surface area contributed by atoms with Gasteiger partial charge in [-0.15, -0.1) is 0 Å². The van der Waals surface area contributed by atoms with Crippen molar-refractivity contribution < 1.29 is 8.42 Å². The zero-order valence-electron chi connectivity index (χ0n) is 9.74. The number of rotatable bonds is 4. The van der Waals surface area contributed by atoms with Crippen molar-refractivity contribution in [3.8, 4) is 0 Å². The third-order valence-electron chi connectivity index (χ3n) is 2.27. The van der Waals surface area contributed by atoms with Crippen LogP contribution < -0.4 is 10.5 Å². The molecule has 0 bridgehead atoms. The Balaban J connectivity index is 2.15. The molecule has 0 spiro atoms. The number of nitrogens with zero attached hydrogens (tertiary/aromatic N) is 3. The molecule has 0 aliphatic heterocycles. The van der Waals surface area contributed by atoms with Crippen molar-refractivity contribution in [1.29, 1.82) is 0 Å². The number of hydrogen-bond donors (Lipinski definition) is 2. The first-order valence-electron chi connectivity index (χ1n) is 5.15. The molecule has 0 aliphatic rings. The second-order valence-corrected chi connectivity index (χ2v) is 5.54. The van der Waals surface area contributed by atoms with E-state index >= 15 is 0 Å². The Morgan fingerprint density at radius 1 is 1.44 bits per heavy atom. The number of anilines is 2. The van der Waals surface area contributed by atoms with Gasteiger partial charge in [-0.1, -0.05) is 12.1 Å². The predicted octanol–water partition coefficient (Wildman–Crippen LogP) is 0.339. The van der Waals surface area contributed by atoms with E-state index in [1.165, 1.54) is 11.0 Å². The molecule has 0 fully saturated rings. The summed E-state index contributed by atoms with van der Waals surface area (Å²) in [6.45, 7) is 0. The van der Waals surface area contributed by atoms with Gasteiger partial charge in [-0.05, 0) is 17.7 Å². The number of aromatic nitrogens is 3. The number of nitrogen functional groups attached to an aromatic ring is 1. The SMILES string of the molecule is Cn1ncnc1NS(=O)(=O)Cc1cccc(N)c1. The van der Waals surface area contributed by atoms with Gasteiger partial charge in [0.05, 0.1) is 5.75 Å². The normalized spacial score (nSPS) is 11.4. The zero-order valence-corrected chi connectivity index (χ0v) is 10.6. The summed E-state index contributed by atoms with van der Waals surface area (Å²) in [7, 11) is -1.92. The number of hydrogen-bond acceptors (Lipinski definition) is 5. The van der Waals surface area contributed by atoms with Crippen LogP contribution in [0, 0.1) is 0 Å². The van der Waals surface area contributed by atoms with Crippen LogP contribution in [0.5, 0.6) is 0 Å². The number of nitrogens with two attached hydrogens (primary N) is 1. The third-order valence-corrected chi connectivity index (χ3v) is 3.47. The van der Waals surface area contributed by atoms with Crippen LogP contribution in [0.15, 0.2) is 30.6 Å². The number of sulfonamides is 1. The topological polar surface area (TPSA) is 103 Å². The largest absolute Gasteiger partial charge is 0.399 e. The van der Waals surface area contributed by atoms with Crippen LogP contribution >= 0.6 is 0 Å². The summed E-state index contributed by atoms with van der Waals surface area (Å²) in [4.78, 5) is 3.80. The fraction of sp³-hybridized carbons (Fsp3) is 0.200. The Morgan fingerprint density at radius 3 is 2.83 bits per heavy atom. The Kier molecular flexibility index (Phi) is 3.19. The van der Waals surface area contributed by atoms with E-state index < -0.39 is 10.0 Å². The molecule has 1 aromatic carbocycles. The van der Waals surface area contributed by atoms with Gasteiger partial charge in [0.25, 0.3) is 0 Å². The fourth-order valence-corrected chi connectivity index (χ4v) is 2.62. The van der Waals surface area contributed by atoms with Gasteiger partial charge < -0.3 is 5.73 Å². The van der Waals surface area contributed by atoms with Gasteiger partial charge in [-0.25, -0.2) is 13.1 Å². The number of nitrogens with one attached hydrogen (secondary N) is 1. The lowest BCUT2D eigenvalue weighted by Crippen LogP contribution is -2.18. The lowest BCUT2D eigenvalue weighted by Gasteiger charge is -2.07. The van der Waals surface area contributed by atoms with Crippen LogP contribution in [0.25, 0.3) is 0 Å². The Morgan fingerprint density at radius 2 is 2.22 bits per heavy atom. The molecule has 1 heterocycles. The van der Waals surface area contributed by atoms with Gasteiger partial charge in [0.15, 0.2) is 0 Å². The molecule has 18 heavy (non-hydrogen) atoms. The van der Waals surface area contributed by atoms with E-state index in [9.17, 15) is 8.42 Å². The van der Waals surface area contributed by atoms with Crippen LogP contribution in [0.4, 0.5) is 11.6 Å². The second kappa shape index (κ2) is 4.65. The predicted molar refractivity (Wildman–Crippen MR) is 68.1 cm³/mol. The molecule has 0 amide bonds. The molecule has 0 saturated carbocycles. The van der Waals surface area contributed by atoms with Gasteiger partial charge >= 0.3 is 0 Å². The minimum absolute atomic E-state index is 0.162. The molecule has 2 rings (SSSR count). The quantitative estimate of drug-likeness (QED) is 0.777. The molecule has 7 nitrogen and oxygen atoms in total. The van der Waals surface area contributed by atoms with Crippen LogP contribution in [0.1, 0.15) is 5.56 Å². The zero-order chi connectivity index (χ0) is 13.2. The standard InChI is InChI=1S/C10H13N5O2S/c1-15-10(12-7-13-15)14-18(16,17)6-8-3-2-4-9(11)5-8/h2-5,7H,6,11H2,1H3,(H,12,13,14). The van der Waals surface area contributed by atoms with Crippen molar-refractivity contribution in [3.63, 3.8) is 0 Å². The molecule has 0 atom stereocenters. The minimum Gasteiger partial charge on any atom is -0.399 e. The van der Waals surface area contributed by atoms with Crippen LogP contribution in [-0.4, -0.2) is 23.2 Å². The lowest BCUT2D eigenvalue weighted by molar-refractivity contribution is 0.599. The van der Waals surface area contributed by atoms with E-state index in [-0.39, 0.29) is 11.7 Å². The van der Waals surface area contributed by atoms with E-state index in [0.29, 0.717) is 11.3 Å². The van der Waals surface area contributed by atoms with Crippen molar-refractivity contribution in [3.05, 3.63) is 36.2 Å². The first-order chi connectivity index (χ1) is 8.46. The maximum absolute atomic E-state index is 11.9. The van der Waals surface area contributed by atoms with Gasteiger partial charge in [0, 0.05) is 12.7 Å². The fourth-order valence-electron chi connectivity index (χ4n) is 1.47. The summed E-state index contributed by atoms with van der Waals surface area (Å²) >= 11 is 0. The first-order valence-corrected chi connectivity index (χ1v) is 6.80. The highest BCUT2D eigenvalue weighted by Gasteiger charge is 2.14. The van der Waals surface area contributed by atoms with E-state index in [4.69, 9.17) is 5.73 Å². The Labute approximate surface area is 105 Å². The van der Waals surface area contributed by atoms with Crippen molar-refractivity contribution in [2.24, 2.45) is 7.05 Å². The number of aryl methyl sites for hydroxylation is 1. The summed E-state index contributed by atoms with van der Waals surface area (Å²) < 4.78 is 27.5. The summed E-state index contributed by atoms with van der Waals surface area (Å²) in [5.41, 5.74) is 6.74. The molecule has 0 aliphatic carbocycles. The first kappa shape index (κ1) is 12.4. The molecular weight excluding hydrogens is 254 g/mol. The van der Waals surface area contributed by atoms with Crippen molar-refractivity contribution in [2.45, 2.75) is 5.75 Å². The van der Waals surface area contributed by atoms with Crippen LogP contribution in [-0.2, 0) is 22.8 Å². The monoisotopic (exact) mass is 267 g/mol. The molecule has 96 valence electrons. The maximum atomic E-state index is 11.9. The minimum atomic E-state index is -3.53. The Hall–Kier alpha value is -2.09. The molecule has 0 unspecified atom stereocenters. The average molecular weight is 267 g/mol. The van der Waals surface area contributed by atoms with Crippen molar-refractivity contribution in [2.75, 3.05) is 10.5 Å². The molecule has 0 radical (unpaired) electrons.